The van der Waals surface area contributed by atoms with Crippen molar-refractivity contribution >= 4 is 57.8 Å². The van der Waals surface area contributed by atoms with Gasteiger partial charge in [-0.2, -0.15) is 5.10 Å². The van der Waals surface area contributed by atoms with Gasteiger partial charge in [0, 0.05) is 23.0 Å². The summed E-state index contributed by atoms with van der Waals surface area (Å²) in [4.78, 5) is 13.2. The van der Waals surface area contributed by atoms with E-state index in [1.54, 1.807) is 17.1 Å². The molecule has 0 bridgehead atoms. The van der Waals surface area contributed by atoms with Gasteiger partial charge in [0.15, 0.2) is 0 Å². The highest BCUT2D eigenvalue weighted by atomic mass is 35.5. The minimum absolute atomic E-state index is 0.197. The molecule has 8 heteroatoms. The van der Waals surface area contributed by atoms with Crippen molar-refractivity contribution in [1.82, 2.24) is 5.43 Å². The van der Waals surface area contributed by atoms with Gasteiger partial charge < -0.3 is 0 Å². The lowest BCUT2D eigenvalue weighted by atomic mass is 10.0. The van der Waals surface area contributed by atoms with E-state index in [9.17, 15) is 4.79 Å². The van der Waals surface area contributed by atoms with Gasteiger partial charge in [0.1, 0.15) is 5.71 Å². The topological polar surface area (TPSA) is 47.9 Å². The first-order chi connectivity index (χ1) is 16.5. The van der Waals surface area contributed by atoms with E-state index in [0.29, 0.717) is 32.9 Å². The maximum Gasteiger partial charge on any atom is 0.286 e. The zero-order valence-electron chi connectivity index (χ0n) is 18.9. The first-order valence-corrected chi connectivity index (χ1v) is 12.4. The Labute approximate surface area is 214 Å². The van der Waals surface area contributed by atoms with Crippen molar-refractivity contribution in [3.05, 3.63) is 92.9 Å². The normalized spacial score (nSPS) is 16.5. The number of nitrogens with zero attached hydrogens (tertiary/aromatic N) is 3. The summed E-state index contributed by atoms with van der Waals surface area (Å²) in [6.07, 6.45) is 1.32. The minimum Gasteiger partial charge on any atom is -0.285 e. The van der Waals surface area contributed by atoms with E-state index >= 15 is 0 Å². The largest absolute Gasteiger partial charge is 0.286 e. The zero-order chi connectivity index (χ0) is 24.2. The van der Waals surface area contributed by atoms with Crippen molar-refractivity contribution in [2.75, 3.05) is 16.6 Å². The van der Waals surface area contributed by atoms with E-state index in [-0.39, 0.29) is 11.9 Å². The molecule has 1 N–H and O–H groups in total. The SMILES string of the molecule is CC.O=C(NN1CCc2ccccc21)C1=NN(c2ccc(Cl)cc2Cl)C(c2ccc(Cl)cc2)C1. The average molecular weight is 516 g/mol. The monoisotopic (exact) mass is 514 g/mol. The van der Waals surface area contributed by atoms with Gasteiger partial charge in [-0.1, -0.05) is 79.0 Å². The molecule has 0 aromatic heterocycles. The second-order valence-corrected chi connectivity index (χ2v) is 9.01. The van der Waals surface area contributed by atoms with Crippen LogP contribution in [0.15, 0.2) is 71.8 Å². The highest BCUT2D eigenvalue weighted by molar-refractivity contribution is 6.40. The molecule has 2 aliphatic heterocycles. The van der Waals surface area contributed by atoms with Crippen LogP contribution in [0.4, 0.5) is 11.4 Å². The van der Waals surface area contributed by atoms with Crippen LogP contribution in [0.2, 0.25) is 15.1 Å². The third-order valence-electron chi connectivity index (χ3n) is 5.71. The molecular formula is C26H25Cl3N4O. The molecule has 3 aromatic carbocycles. The predicted octanol–water partition coefficient (Wildman–Crippen LogP) is 7.07. The van der Waals surface area contributed by atoms with E-state index in [4.69, 9.17) is 34.8 Å². The molecule has 1 amide bonds. The molecule has 0 saturated carbocycles. The van der Waals surface area contributed by atoms with Crippen molar-refractivity contribution in [3.8, 4) is 0 Å². The summed E-state index contributed by atoms with van der Waals surface area (Å²) >= 11 is 18.7. The molecule has 0 saturated heterocycles. The summed E-state index contributed by atoms with van der Waals surface area (Å²) in [5.74, 6) is -0.228. The van der Waals surface area contributed by atoms with Gasteiger partial charge in [-0.05, 0) is 53.9 Å². The van der Waals surface area contributed by atoms with Crippen molar-refractivity contribution < 1.29 is 4.79 Å². The quantitative estimate of drug-likeness (QED) is 0.404. The van der Waals surface area contributed by atoms with E-state index < -0.39 is 0 Å². The molecule has 0 spiro atoms. The molecular weight excluding hydrogens is 491 g/mol. The molecule has 0 aliphatic carbocycles. The lowest BCUT2D eigenvalue weighted by Crippen LogP contribution is -2.44. The van der Waals surface area contributed by atoms with Crippen LogP contribution >= 0.6 is 34.8 Å². The van der Waals surface area contributed by atoms with Crippen LogP contribution in [0.1, 0.15) is 37.4 Å². The van der Waals surface area contributed by atoms with Crippen LogP contribution in [-0.4, -0.2) is 18.2 Å². The van der Waals surface area contributed by atoms with Crippen LogP contribution in [0.3, 0.4) is 0 Å². The number of amides is 1. The van der Waals surface area contributed by atoms with Gasteiger partial charge in [0.05, 0.1) is 22.4 Å². The van der Waals surface area contributed by atoms with Crippen LogP contribution in [0.25, 0.3) is 0 Å². The Morgan fingerprint density at radius 3 is 2.38 bits per heavy atom. The number of rotatable bonds is 4. The van der Waals surface area contributed by atoms with E-state index in [1.165, 1.54) is 5.56 Å². The molecule has 2 heterocycles. The molecule has 3 aromatic rings. The molecule has 5 nitrogen and oxygen atoms in total. The molecule has 0 fully saturated rings. The fraction of sp³-hybridized carbons (Fsp3) is 0.231. The Hall–Kier alpha value is -2.73. The molecule has 176 valence electrons. The van der Waals surface area contributed by atoms with Gasteiger partial charge in [-0.3, -0.25) is 20.2 Å². The number of nitrogens with one attached hydrogen (secondary N) is 1. The third-order valence-corrected chi connectivity index (χ3v) is 6.50. The molecule has 1 unspecified atom stereocenters. The van der Waals surface area contributed by atoms with Gasteiger partial charge in [0.2, 0.25) is 0 Å². The highest BCUT2D eigenvalue weighted by Gasteiger charge is 2.34. The van der Waals surface area contributed by atoms with Crippen LogP contribution < -0.4 is 15.4 Å². The minimum atomic E-state index is -0.228. The number of carbonyl (C=O) groups excluding carboxylic acids is 1. The fourth-order valence-corrected chi connectivity index (χ4v) is 4.74. The Kier molecular flexibility index (Phi) is 7.67. The number of para-hydroxylation sites is 1. The smallest absolute Gasteiger partial charge is 0.285 e. The molecule has 1 atom stereocenters. The summed E-state index contributed by atoms with van der Waals surface area (Å²) in [6, 6.07) is 20.7. The zero-order valence-corrected chi connectivity index (χ0v) is 21.2. The lowest BCUT2D eigenvalue weighted by molar-refractivity contribution is -0.115. The van der Waals surface area contributed by atoms with E-state index in [0.717, 1.165) is 24.2 Å². The Balaban J connectivity index is 0.00000133. The predicted molar refractivity (Wildman–Crippen MR) is 142 cm³/mol. The summed E-state index contributed by atoms with van der Waals surface area (Å²) < 4.78 is 0. The number of anilines is 2. The second-order valence-electron chi connectivity index (χ2n) is 7.73. The van der Waals surface area contributed by atoms with Gasteiger partial charge in [-0.25, -0.2) is 0 Å². The van der Waals surface area contributed by atoms with Gasteiger partial charge in [-0.15, -0.1) is 0 Å². The van der Waals surface area contributed by atoms with E-state index in [1.807, 2.05) is 67.4 Å². The molecule has 5 rings (SSSR count). The Bertz CT molecular complexity index is 1210. The number of carbonyl (C=O) groups is 1. The number of benzene rings is 3. The summed E-state index contributed by atoms with van der Waals surface area (Å²) in [7, 11) is 0. The van der Waals surface area contributed by atoms with Crippen molar-refractivity contribution in [2.45, 2.75) is 32.7 Å². The molecule has 2 aliphatic rings. The third kappa shape index (κ3) is 5.02. The van der Waals surface area contributed by atoms with Crippen LogP contribution in [0, 0.1) is 0 Å². The summed E-state index contributed by atoms with van der Waals surface area (Å²) in [6.45, 7) is 4.73. The Morgan fingerprint density at radius 1 is 0.941 bits per heavy atom. The standard InChI is InChI=1S/C24H19Cl3N4O.C2H6/c25-17-7-5-16(6-8-17)23-14-20(28-31(23)22-10-9-18(26)13-19(22)27)24(32)29-30-12-11-15-3-1-2-4-21(15)30;1-2/h1-10,13,23H,11-12,14H2,(H,29,32);1-2H3. The maximum atomic E-state index is 13.2. The number of hydrogen-bond acceptors (Lipinski definition) is 4. The van der Waals surface area contributed by atoms with Crippen molar-refractivity contribution in [1.29, 1.82) is 0 Å². The number of halogens is 3. The summed E-state index contributed by atoms with van der Waals surface area (Å²) in [5, 5.41) is 10.0. The lowest BCUT2D eigenvalue weighted by Gasteiger charge is -2.25. The first-order valence-electron chi connectivity index (χ1n) is 11.2. The Morgan fingerprint density at radius 2 is 1.65 bits per heavy atom. The first kappa shape index (κ1) is 24.4. The van der Waals surface area contributed by atoms with Gasteiger partial charge in [0.25, 0.3) is 5.91 Å². The fourth-order valence-electron chi connectivity index (χ4n) is 4.12. The van der Waals surface area contributed by atoms with Crippen LogP contribution in [-0.2, 0) is 11.2 Å². The van der Waals surface area contributed by atoms with Crippen molar-refractivity contribution in [3.63, 3.8) is 0 Å². The van der Waals surface area contributed by atoms with E-state index in [2.05, 4.69) is 16.6 Å². The average Bonchev–Trinajstić information content (AvgIpc) is 3.46. The van der Waals surface area contributed by atoms with Crippen molar-refractivity contribution in [2.24, 2.45) is 5.10 Å². The molecule has 34 heavy (non-hydrogen) atoms. The summed E-state index contributed by atoms with van der Waals surface area (Å²) in [5.41, 5.74) is 7.35. The number of hydrazone groups is 1. The maximum absolute atomic E-state index is 13.2. The number of hydrogen-bond donors (Lipinski definition) is 1. The number of fused-ring (bicyclic) bond motifs is 1. The van der Waals surface area contributed by atoms with Crippen LogP contribution in [0.5, 0.6) is 0 Å². The highest BCUT2D eigenvalue weighted by Crippen LogP contribution is 2.40. The second kappa shape index (κ2) is 10.7. The number of hydrazine groups is 1. The molecule has 0 radical (unpaired) electrons. The van der Waals surface area contributed by atoms with Gasteiger partial charge >= 0.3 is 0 Å².